The number of morpholine rings is 1. The van der Waals surface area contributed by atoms with Crippen molar-refractivity contribution in [1.29, 1.82) is 0 Å². The Morgan fingerprint density at radius 1 is 1.08 bits per heavy atom. The first-order valence-corrected chi connectivity index (χ1v) is 13.7. The fourth-order valence-corrected chi connectivity index (χ4v) is 5.92. The summed E-state index contributed by atoms with van der Waals surface area (Å²) < 4.78 is 11.5. The first-order valence-electron chi connectivity index (χ1n) is 13.7. The van der Waals surface area contributed by atoms with Gasteiger partial charge in [0.15, 0.2) is 5.78 Å². The van der Waals surface area contributed by atoms with Crippen molar-refractivity contribution in [2.24, 2.45) is 0 Å². The molecule has 3 heterocycles. The van der Waals surface area contributed by atoms with E-state index < -0.39 is 11.7 Å². The van der Waals surface area contributed by atoms with Crippen molar-refractivity contribution in [2.45, 2.75) is 51.0 Å². The monoisotopic (exact) mass is 524 g/mol. The number of ether oxygens (including phenoxy) is 1. The zero-order valence-corrected chi connectivity index (χ0v) is 22.0. The molecule has 4 aromatic rings. The summed E-state index contributed by atoms with van der Waals surface area (Å²) in [6.07, 6.45) is 7.63. The Bertz CT molecular complexity index is 1570. The van der Waals surface area contributed by atoms with Gasteiger partial charge < -0.3 is 19.8 Å². The molecule has 0 bridgehead atoms. The molecule has 2 fully saturated rings. The molecule has 2 aliphatic rings. The zero-order chi connectivity index (χ0) is 26.8. The van der Waals surface area contributed by atoms with Crippen LogP contribution in [0, 0.1) is 0 Å². The van der Waals surface area contributed by atoms with Crippen LogP contribution < -0.4 is 16.3 Å². The predicted molar refractivity (Wildman–Crippen MR) is 151 cm³/mol. The van der Waals surface area contributed by atoms with Crippen molar-refractivity contribution in [3.8, 4) is 11.3 Å². The molecule has 6 rings (SSSR count). The van der Waals surface area contributed by atoms with Crippen molar-refractivity contribution < 1.29 is 13.9 Å². The number of aromatic nitrogens is 2. The van der Waals surface area contributed by atoms with E-state index in [0.29, 0.717) is 47.2 Å². The highest BCUT2D eigenvalue weighted by atomic mass is 16.5. The van der Waals surface area contributed by atoms with Gasteiger partial charge in [-0.2, -0.15) is 0 Å². The fourth-order valence-electron chi connectivity index (χ4n) is 5.92. The maximum atomic E-state index is 12.9. The Morgan fingerprint density at radius 2 is 1.92 bits per heavy atom. The molecule has 0 spiro atoms. The molecule has 2 aromatic carbocycles. The highest BCUT2D eigenvalue weighted by Gasteiger charge is 2.27. The van der Waals surface area contributed by atoms with Crippen molar-refractivity contribution in [2.75, 3.05) is 25.0 Å². The van der Waals surface area contributed by atoms with Crippen LogP contribution >= 0.6 is 0 Å². The summed E-state index contributed by atoms with van der Waals surface area (Å²) in [7, 11) is 0. The van der Waals surface area contributed by atoms with E-state index in [4.69, 9.17) is 14.1 Å². The van der Waals surface area contributed by atoms with Crippen molar-refractivity contribution in [3.63, 3.8) is 0 Å². The number of Topliss-reactive ketones (excluding diaryl/α,β-unsaturated/α-hetero) is 1. The minimum Gasteiger partial charge on any atom is -0.422 e. The maximum absolute atomic E-state index is 12.9. The van der Waals surface area contributed by atoms with Gasteiger partial charge in [-0.25, -0.2) is 14.8 Å². The lowest BCUT2D eigenvalue weighted by Crippen LogP contribution is -2.35. The summed E-state index contributed by atoms with van der Waals surface area (Å²) in [6.45, 7) is 3.12. The minimum atomic E-state index is -0.658. The topological polar surface area (TPSA) is 106 Å². The van der Waals surface area contributed by atoms with Crippen LogP contribution in [0.25, 0.3) is 22.2 Å². The van der Waals surface area contributed by atoms with E-state index in [9.17, 15) is 9.59 Å². The third-order valence-corrected chi connectivity index (χ3v) is 7.74. The number of anilines is 2. The summed E-state index contributed by atoms with van der Waals surface area (Å²) in [5.41, 5.74) is 4.37. The van der Waals surface area contributed by atoms with Gasteiger partial charge in [0.05, 0.1) is 18.4 Å². The molecule has 1 saturated heterocycles. The van der Waals surface area contributed by atoms with E-state index >= 15 is 0 Å². The zero-order valence-electron chi connectivity index (χ0n) is 22.0. The van der Waals surface area contributed by atoms with Gasteiger partial charge in [-0.15, -0.1) is 0 Å². The molecule has 0 radical (unpaired) electrons. The average molecular weight is 525 g/mol. The van der Waals surface area contributed by atoms with E-state index in [1.807, 2.05) is 18.2 Å². The van der Waals surface area contributed by atoms with Gasteiger partial charge in [-0.1, -0.05) is 43.5 Å². The molecule has 2 N–H and O–H groups in total. The number of nitrogens with one attached hydrogen (secondary N) is 2. The van der Waals surface area contributed by atoms with Crippen LogP contribution in [0.4, 0.5) is 11.6 Å². The van der Waals surface area contributed by atoms with E-state index in [0.717, 1.165) is 17.8 Å². The van der Waals surface area contributed by atoms with Crippen LogP contribution in [0.1, 0.15) is 72.5 Å². The molecule has 200 valence electrons. The van der Waals surface area contributed by atoms with E-state index in [1.54, 1.807) is 12.3 Å². The van der Waals surface area contributed by atoms with Crippen LogP contribution in [-0.2, 0) is 4.74 Å². The molecule has 1 aliphatic heterocycles. The Balaban J connectivity index is 1.34. The van der Waals surface area contributed by atoms with Crippen LogP contribution in [0.5, 0.6) is 0 Å². The van der Waals surface area contributed by atoms with Gasteiger partial charge in [0, 0.05) is 47.6 Å². The maximum Gasteiger partial charge on any atom is 0.347 e. The third kappa shape index (κ3) is 5.22. The minimum absolute atomic E-state index is 0.0459. The van der Waals surface area contributed by atoms with Crippen molar-refractivity contribution in [1.82, 2.24) is 15.3 Å². The molecule has 1 unspecified atom stereocenters. The summed E-state index contributed by atoms with van der Waals surface area (Å²) in [5, 5.41) is 7.22. The smallest absolute Gasteiger partial charge is 0.347 e. The number of fused-ring (bicyclic) bond motifs is 1. The van der Waals surface area contributed by atoms with Gasteiger partial charge in [-0.3, -0.25) is 4.79 Å². The average Bonchev–Trinajstić information content (AvgIpc) is 2.97. The largest absolute Gasteiger partial charge is 0.422 e. The van der Waals surface area contributed by atoms with Gasteiger partial charge in [0.1, 0.15) is 11.1 Å². The molecule has 0 amide bonds. The Morgan fingerprint density at radius 3 is 2.72 bits per heavy atom. The fraction of sp³-hybridized carbons (Fsp3) is 0.355. The number of carbonyl (C=O) groups is 1. The molecule has 8 heteroatoms. The molecular weight excluding hydrogens is 492 g/mol. The normalized spacial score (nSPS) is 18.2. The number of hydrogen-bond donors (Lipinski definition) is 2. The number of hydrogen-bond acceptors (Lipinski definition) is 8. The molecule has 1 aliphatic carbocycles. The van der Waals surface area contributed by atoms with Crippen LogP contribution in [0.3, 0.4) is 0 Å². The lowest BCUT2D eigenvalue weighted by atomic mass is 9.81. The number of nitrogens with zero attached hydrogens (tertiary/aromatic N) is 2. The molecule has 8 nitrogen and oxygen atoms in total. The van der Waals surface area contributed by atoms with Crippen LogP contribution in [0.2, 0.25) is 0 Å². The van der Waals surface area contributed by atoms with Crippen molar-refractivity contribution in [3.05, 3.63) is 81.8 Å². The van der Waals surface area contributed by atoms with E-state index in [2.05, 4.69) is 39.9 Å². The summed E-state index contributed by atoms with van der Waals surface area (Å²) in [6, 6.07) is 15.9. The van der Waals surface area contributed by atoms with Gasteiger partial charge >= 0.3 is 5.63 Å². The second-order valence-corrected chi connectivity index (χ2v) is 10.3. The lowest BCUT2D eigenvalue weighted by Gasteiger charge is -2.26. The number of rotatable bonds is 6. The predicted octanol–water partition coefficient (Wildman–Crippen LogP) is 5.90. The molecule has 1 atom stereocenters. The van der Waals surface area contributed by atoms with E-state index in [1.165, 1.54) is 44.6 Å². The standard InChI is InChI=1S/C31H32N4O4/c1-19(36)28-29(27-18-32-15-16-38-27)24-12-11-21(17-26(24)39-30(28)37)34-31-33-14-13-25(35-31)23-10-6-5-9-22(23)20-7-3-2-4-8-20/h5-6,9-14,17,20,27,32H,2-4,7-8,15-16,18H2,1H3,(H,33,34,35). The summed E-state index contributed by atoms with van der Waals surface area (Å²) in [4.78, 5) is 34.5. The lowest BCUT2D eigenvalue weighted by molar-refractivity contribution is 0.0277. The summed E-state index contributed by atoms with van der Waals surface area (Å²) >= 11 is 0. The Labute approximate surface area is 226 Å². The first kappa shape index (κ1) is 25.4. The first-order chi connectivity index (χ1) is 19.1. The highest BCUT2D eigenvalue weighted by molar-refractivity contribution is 6.00. The summed E-state index contributed by atoms with van der Waals surface area (Å²) in [5.74, 6) is 0.672. The number of benzene rings is 2. The SMILES string of the molecule is CC(=O)c1c(C2CNCCO2)c2ccc(Nc3nccc(-c4ccccc4C4CCCCC4)n3)cc2oc1=O. The van der Waals surface area contributed by atoms with Gasteiger partial charge in [0.2, 0.25) is 5.95 Å². The number of carbonyl (C=O) groups excluding carboxylic acids is 1. The van der Waals surface area contributed by atoms with Gasteiger partial charge in [-0.05, 0) is 49.4 Å². The Hall–Kier alpha value is -3.88. The highest BCUT2D eigenvalue weighted by Crippen LogP contribution is 2.38. The molecule has 39 heavy (non-hydrogen) atoms. The van der Waals surface area contributed by atoms with Crippen molar-refractivity contribution >= 4 is 28.4 Å². The molecular formula is C31H32N4O4. The second kappa shape index (κ2) is 11.1. The van der Waals surface area contributed by atoms with Crippen LogP contribution in [0.15, 0.2) is 63.9 Å². The Kier molecular flexibility index (Phi) is 7.22. The molecule has 2 aromatic heterocycles. The molecule has 1 saturated carbocycles. The van der Waals surface area contributed by atoms with E-state index in [-0.39, 0.29) is 11.3 Å². The third-order valence-electron chi connectivity index (χ3n) is 7.74. The van der Waals surface area contributed by atoms with Crippen LogP contribution in [-0.4, -0.2) is 35.4 Å². The second-order valence-electron chi connectivity index (χ2n) is 10.3. The van der Waals surface area contributed by atoms with Gasteiger partial charge in [0.25, 0.3) is 0 Å². The number of ketones is 1. The quantitative estimate of drug-likeness (QED) is 0.237.